The molecule has 0 saturated carbocycles. The Labute approximate surface area is 250 Å². The molecule has 220 valence electrons. The Morgan fingerprint density at radius 1 is 0.636 bits per heavy atom. The molecular formula is C36H32N4O4. The Bertz CT molecular complexity index is 2740. The fraction of sp³-hybridized carbons (Fsp3) is 0.278. The number of nitrogens with one attached hydrogen (secondary N) is 1. The van der Waals surface area contributed by atoms with Crippen molar-refractivity contribution < 1.29 is 5.11 Å². The lowest BCUT2D eigenvalue weighted by Gasteiger charge is -2.19. The van der Waals surface area contributed by atoms with Crippen molar-refractivity contribution in [2.24, 2.45) is 14.1 Å². The first-order valence-electron chi connectivity index (χ1n) is 14.8. The highest BCUT2D eigenvalue weighted by atomic mass is 16.3. The smallest absolute Gasteiger partial charge is 0.263 e. The number of hydrogen-bond acceptors (Lipinski definition) is 5. The van der Waals surface area contributed by atoms with Gasteiger partial charge in [-0.05, 0) is 34.1 Å². The van der Waals surface area contributed by atoms with Crippen LogP contribution in [0, 0.1) is 0 Å². The van der Waals surface area contributed by atoms with E-state index in [2.05, 4.69) is 52.6 Å². The maximum atomic E-state index is 14.2. The van der Waals surface area contributed by atoms with Crippen LogP contribution in [-0.2, 0) is 24.9 Å². The highest BCUT2D eigenvalue weighted by Crippen LogP contribution is 2.47. The molecule has 0 bridgehead atoms. The molecule has 0 amide bonds. The molecule has 0 radical (unpaired) electrons. The van der Waals surface area contributed by atoms with Gasteiger partial charge in [-0.3, -0.25) is 23.5 Å². The molecule has 0 aliphatic carbocycles. The minimum Gasteiger partial charge on any atom is -0.494 e. The molecule has 0 spiro atoms. The molecule has 8 aromatic rings. The zero-order valence-electron chi connectivity index (χ0n) is 26.0. The van der Waals surface area contributed by atoms with E-state index < -0.39 is 16.7 Å². The van der Waals surface area contributed by atoms with E-state index in [1.807, 2.05) is 30.3 Å². The number of H-pyrrole nitrogens is 1. The molecule has 0 aliphatic heterocycles. The van der Waals surface area contributed by atoms with E-state index in [-0.39, 0.29) is 16.7 Å². The lowest BCUT2D eigenvalue weighted by atomic mass is 9.86. The average molecular weight is 585 g/mol. The van der Waals surface area contributed by atoms with Crippen LogP contribution in [0.1, 0.15) is 52.7 Å². The first-order valence-corrected chi connectivity index (χ1v) is 14.8. The van der Waals surface area contributed by atoms with E-state index in [1.54, 1.807) is 0 Å². The summed E-state index contributed by atoms with van der Waals surface area (Å²) < 4.78 is 2.38. The standard InChI is InChI=1S/C36H32N4O4/c1-35(2,3)15-9-11-17-19(13-15)37-29-21(17)25-23-24-27(29)33(43)40(8)34(44)28(24)30-22(26(23)32(42)39(7)31(25)41)18-12-10-16(36(4,5)6)14-20(18)38-30/h9-14,37,44H,1-8H3. The second-order valence-corrected chi connectivity index (χ2v) is 14.3. The maximum Gasteiger partial charge on any atom is 0.263 e. The third-order valence-electron chi connectivity index (χ3n) is 9.60. The molecule has 8 heteroatoms. The van der Waals surface area contributed by atoms with Crippen LogP contribution in [0.15, 0.2) is 50.8 Å². The van der Waals surface area contributed by atoms with Gasteiger partial charge in [0.2, 0.25) is 5.88 Å². The van der Waals surface area contributed by atoms with Gasteiger partial charge in [0, 0.05) is 51.9 Å². The molecule has 0 saturated heterocycles. The summed E-state index contributed by atoms with van der Waals surface area (Å²) in [6.45, 7) is 12.8. The van der Waals surface area contributed by atoms with Crippen LogP contribution in [0.4, 0.5) is 0 Å². The molecule has 4 aromatic carbocycles. The van der Waals surface area contributed by atoms with Crippen LogP contribution < -0.4 is 16.7 Å². The van der Waals surface area contributed by atoms with Crippen molar-refractivity contribution in [3.05, 3.63) is 78.6 Å². The Balaban J connectivity index is 1.77. The van der Waals surface area contributed by atoms with Gasteiger partial charge >= 0.3 is 0 Å². The summed E-state index contributed by atoms with van der Waals surface area (Å²) in [5.74, 6) is -0.256. The minimum absolute atomic E-state index is 0.124. The SMILES string of the molecule is Cn1c(O)c2c3nc4cc(C(C)(C)C)ccc4c3c3c(=O)n(C)c(=O)c4c5c6ccc(C(C)(C)C)cc6[nH]c5c(c1=O)c2c34. The van der Waals surface area contributed by atoms with E-state index in [1.165, 1.54) is 18.7 Å². The van der Waals surface area contributed by atoms with Gasteiger partial charge in [0.05, 0.1) is 38.1 Å². The summed E-state index contributed by atoms with van der Waals surface area (Å²) in [5, 5.41) is 16.4. The fourth-order valence-electron chi connectivity index (χ4n) is 7.11. The third-order valence-corrected chi connectivity index (χ3v) is 9.60. The first kappa shape index (κ1) is 26.6. The fourth-order valence-corrected chi connectivity index (χ4v) is 7.11. The second kappa shape index (κ2) is 7.94. The summed E-state index contributed by atoms with van der Waals surface area (Å²) in [6.07, 6.45) is 0. The molecule has 2 N–H and O–H groups in total. The zero-order chi connectivity index (χ0) is 31.4. The van der Waals surface area contributed by atoms with E-state index in [0.29, 0.717) is 59.6 Å². The number of pyridine rings is 2. The van der Waals surface area contributed by atoms with Crippen LogP contribution in [0.3, 0.4) is 0 Å². The third kappa shape index (κ3) is 3.07. The summed E-state index contributed by atoms with van der Waals surface area (Å²) >= 11 is 0. The molecule has 4 aromatic heterocycles. The van der Waals surface area contributed by atoms with E-state index in [0.717, 1.165) is 32.0 Å². The van der Waals surface area contributed by atoms with Crippen LogP contribution in [0.25, 0.3) is 75.9 Å². The molecule has 0 unspecified atom stereocenters. The summed E-state index contributed by atoms with van der Waals surface area (Å²) in [4.78, 5) is 50.9. The first-order chi connectivity index (χ1) is 20.6. The topological polar surface area (TPSA) is 110 Å². The Morgan fingerprint density at radius 2 is 1.18 bits per heavy atom. The van der Waals surface area contributed by atoms with Gasteiger partial charge in [-0.25, -0.2) is 4.98 Å². The van der Waals surface area contributed by atoms with Crippen molar-refractivity contribution in [1.29, 1.82) is 0 Å². The lowest BCUT2D eigenvalue weighted by molar-refractivity contribution is 0.432. The number of benzene rings is 4. The van der Waals surface area contributed by atoms with E-state index in [4.69, 9.17) is 4.98 Å². The predicted molar refractivity (Wildman–Crippen MR) is 179 cm³/mol. The average Bonchev–Trinajstić information content (AvgIpc) is 3.52. The highest BCUT2D eigenvalue weighted by molar-refractivity contribution is 6.44. The monoisotopic (exact) mass is 584 g/mol. The lowest BCUT2D eigenvalue weighted by Crippen LogP contribution is -2.31. The molecule has 0 fully saturated rings. The molecule has 8 nitrogen and oxygen atoms in total. The second-order valence-electron chi connectivity index (χ2n) is 14.3. The van der Waals surface area contributed by atoms with Crippen molar-refractivity contribution in [1.82, 2.24) is 19.1 Å². The number of aromatic amines is 1. The maximum absolute atomic E-state index is 14.2. The number of aromatic hydroxyl groups is 1. The Hall–Kier alpha value is -4.98. The number of rotatable bonds is 0. The molecular weight excluding hydrogens is 552 g/mol. The normalized spacial score (nSPS) is 13.4. The van der Waals surface area contributed by atoms with Crippen LogP contribution in [-0.4, -0.2) is 24.2 Å². The summed E-state index contributed by atoms with van der Waals surface area (Å²) in [7, 11) is 3.03. The van der Waals surface area contributed by atoms with Gasteiger partial charge in [-0.15, -0.1) is 0 Å². The Kier molecular flexibility index (Phi) is 4.80. The number of fused-ring (bicyclic) bond motifs is 10. The number of hydrogen-bond donors (Lipinski definition) is 2. The predicted octanol–water partition coefficient (Wildman–Crippen LogP) is 6.42. The quantitative estimate of drug-likeness (QED) is 0.200. The number of aromatic nitrogens is 4. The summed E-state index contributed by atoms with van der Waals surface area (Å²) in [6, 6.07) is 12.1. The molecule has 8 rings (SSSR count). The summed E-state index contributed by atoms with van der Waals surface area (Å²) in [5.41, 5.74) is 2.99. The van der Waals surface area contributed by atoms with Crippen LogP contribution >= 0.6 is 0 Å². The van der Waals surface area contributed by atoms with Gasteiger partial charge in [-0.1, -0.05) is 65.8 Å². The van der Waals surface area contributed by atoms with Gasteiger partial charge in [0.15, 0.2) is 0 Å². The van der Waals surface area contributed by atoms with Gasteiger partial charge < -0.3 is 10.1 Å². The number of nitrogens with zero attached hydrogens (tertiary/aromatic N) is 3. The van der Waals surface area contributed by atoms with Crippen molar-refractivity contribution >= 4 is 75.9 Å². The van der Waals surface area contributed by atoms with Gasteiger partial charge in [0.25, 0.3) is 16.7 Å². The van der Waals surface area contributed by atoms with Crippen molar-refractivity contribution in [2.75, 3.05) is 0 Å². The van der Waals surface area contributed by atoms with E-state index >= 15 is 0 Å². The van der Waals surface area contributed by atoms with Gasteiger partial charge in [-0.2, -0.15) is 0 Å². The van der Waals surface area contributed by atoms with Crippen molar-refractivity contribution in [3.63, 3.8) is 0 Å². The van der Waals surface area contributed by atoms with E-state index in [9.17, 15) is 19.5 Å². The highest BCUT2D eigenvalue weighted by Gasteiger charge is 2.30. The zero-order valence-corrected chi connectivity index (χ0v) is 26.0. The van der Waals surface area contributed by atoms with Crippen LogP contribution in [0.5, 0.6) is 5.88 Å². The van der Waals surface area contributed by atoms with Crippen molar-refractivity contribution in [3.8, 4) is 5.88 Å². The molecule has 44 heavy (non-hydrogen) atoms. The van der Waals surface area contributed by atoms with Crippen LogP contribution in [0.2, 0.25) is 0 Å². The molecule has 0 atom stereocenters. The largest absolute Gasteiger partial charge is 0.494 e. The minimum atomic E-state index is -0.459. The molecule has 4 heterocycles. The Morgan fingerprint density at radius 3 is 1.82 bits per heavy atom. The van der Waals surface area contributed by atoms with Crippen molar-refractivity contribution in [2.45, 2.75) is 52.4 Å². The van der Waals surface area contributed by atoms with Gasteiger partial charge in [0.1, 0.15) is 0 Å². The molecule has 0 aliphatic rings.